The van der Waals surface area contributed by atoms with Gasteiger partial charge in [0.15, 0.2) is 0 Å². The quantitative estimate of drug-likeness (QED) is 0.744. The van der Waals surface area contributed by atoms with Crippen LogP contribution in [0.2, 0.25) is 0 Å². The van der Waals surface area contributed by atoms with E-state index in [0.717, 1.165) is 18.4 Å². The summed E-state index contributed by atoms with van der Waals surface area (Å²) < 4.78 is 10.7. The molecular formula is C21H30N2O5. The molecule has 2 fully saturated rings. The summed E-state index contributed by atoms with van der Waals surface area (Å²) in [5, 5.41) is 12.8. The van der Waals surface area contributed by atoms with E-state index in [1.54, 1.807) is 14.2 Å². The van der Waals surface area contributed by atoms with Crippen LogP contribution in [0.25, 0.3) is 0 Å². The normalized spacial score (nSPS) is 26.4. The lowest BCUT2D eigenvalue weighted by molar-refractivity contribution is -0.149. The van der Waals surface area contributed by atoms with Gasteiger partial charge in [0.1, 0.15) is 11.5 Å². The van der Waals surface area contributed by atoms with Crippen molar-refractivity contribution < 1.29 is 24.2 Å². The van der Waals surface area contributed by atoms with Gasteiger partial charge in [-0.15, -0.1) is 0 Å². The van der Waals surface area contributed by atoms with E-state index in [9.17, 15) is 14.7 Å². The van der Waals surface area contributed by atoms with E-state index in [0.29, 0.717) is 31.0 Å². The molecule has 1 saturated carbocycles. The van der Waals surface area contributed by atoms with Gasteiger partial charge in [0.25, 0.3) is 0 Å². The number of aliphatic carboxylic acids is 1. The van der Waals surface area contributed by atoms with Crippen LogP contribution < -0.4 is 14.8 Å². The Bertz CT molecular complexity index is 752. The highest BCUT2D eigenvalue weighted by molar-refractivity contribution is 5.82. The van der Waals surface area contributed by atoms with Crippen molar-refractivity contribution in [2.45, 2.75) is 45.2 Å². The maximum absolute atomic E-state index is 12.9. The summed E-state index contributed by atoms with van der Waals surface area (Å²) >= 11 is 0. The Morgan fingerprint density at radius 3 is 2.64 bits per heavy atom. The molecule has 1 aliphatic carbocycles. The van der Waals surface area contributed by atoms with Crippen molar-refractivity contribution in [1.29, 1.82) is 0 Å². The van der Waals surface area contributed by atoms with Gasteiger partial charge in [-0.05, 0) is 50.8 Å². The van der Waals surface area contributed by atoms with Gasteiger partial charge in [-0.2, -0.15) is 0 Å². The Balaban J connectivity index is 1.69. The van der Waals surface area contributed by atoms with E-state index in [4.69, 9.17) is 9.47 Å². The summed E-state index contributed by atoms with van der Waals surface area (Å²) in [6.07, 6.45) is 2.59. The number of ether oxygens (including phenoxy) is 2. The first kappa shape index (κ1) is 20.5. The first-order valence-corrected chi connectivity index (χ1v) is 9.82. The van der Waals surface area contributed by atoms with Crippen molar-refractivity contribution in [3.05, 3.63) is 23.8 Å². The average Bonchev–Trinajstić information content (AvgIpc) is 3.25. The number of hydrogen-bond acceptors (Lipinski definition) is 5. The predicted molar refractivity (Wildman–Crippen MR) is 105 cm³/mol. The summed E-state index contributed by atoms with van der Waals surface area (Å²) in [4.78, 5) is 26.8. The average molecular weight is 390 g/mol. The summed E-state index contributed by atoms with van der Waals surface area (Å²) in [6, 6.07) is 4.83. The molecule has 2 unspecified atom stereocenters. The van der Waals surface area contributed by atoms with Gasteiger partial charge in [-0.3, -0.25) is 14.5 Å². The number of carbonyl (C=O) groups is 2. The zero-order valence-corrected chi connectivity index (χ0v) is 17.0. The molecule has 7 nitrogen and oxygen atoms in total. The van der Waals surface area contributed by atoms with Crippen LogP contribution in [0.5, 0.6) is 11.5 Å². The van der Waals surface area contributed by atoms with Gasteiger partial charge >= 0.3 is 5.97 Å². The fourth-order valence-electron chi connectivity index (χ4n) is 4.73. The van der Waals surface area contributed by atoms with Crippen LogP contribution in [-0.2, 0) is 9.59 Å². The highest BCUT2D eigenvalue weighted by atomic mass is 16.5. The highest BCUT2D eigenvalue weighted by Crippen LogP contribution is 2.49. The third kappa shape index (κ3) is 3.55. The molecule has 1 saturated heterocycles. The van der Waals surface area contributed by atoms with Crippen LogP contribution in [0.15, 0.2) is 18.2 Å². The molecule has 1 heterocycles. The van der Waals surface area contributed by atoms with Crippen LogP contribution in [0, 0.1) is 11.3 Å². The largest absolute Gasteiger partial charge is 0.497 e. The molecule has 0 bridgehead atoms. The molecular weight excluding hydrogens is 360 g/mol. The van der Waals surface area contributed by atoms with Gasteiger partial charge in [-0.25, -0.2) is 0 Å². The number of hydrogen-bond donors (Lipinski definition) is 2. The number of fused-ring (bicyclic) bond motifs is 1. The second kappa shape index (κ2) is 7.99. The zero-order chi connectivity index (χ0) is 20.5. The lowest BCUT2D eigenvalue weighted by atomic mass is 9.81. The number of nitrogens with zero attached hydrogens (tertiary/aromatic N) is 1. The molecule has 2 N–H and O–H groups in total. The Labute approximate surface area is 166 Å². The first-order chi connectivity index (χ1) is 13.3. The Morgan fingerprint density at radius 2 is 2.04 bits per heavy atom. The summed E-state index contributed by atoms with van der Waals surface area (Å²) in [6.45, 7) is 4.86. The zero-order valence-electron chi connectivity index (χ0n) is 17.0. The van der Waals surface area contributed by atoms with Crippen LogP contribution in [0.4, 0.5) is 0 Å². The van der Waals surface area contributed by atoms with Crippen molar-refractivity contribution in [2.75, 3.05) is 27.3 Å². The van der Waals surface area contributed by atoms with Gasteiger partial charge in [0.05, 0.1) is 31.7 Å². The number of nitrogens with one attached hydrogen (secondary N) is 1. The molecule has 1 aromatic carbocycles. The van der Waals surface area contributed by atoms with Crippen molar-refractivity contribution in [1.82, 2.24) is 10.2 Å². The van der Waals surface area contributed by atoms with Crippen molar-refractivity contribution >= 4 is 11.9 Å². The Hall–Kier alpha value is -2.28. The monoisotopic (exact) mass is 390 g/mol. The van der Waals surface area contributed by atoms with Gasteiger partial charge in [0.2, 0.25) is 5.91 Å². The molecule has 2 aliphatic rings. The maximum atomic E-state index is 12.9. The molecule has 4 atom stereocenters. The van der Waals surface area contributed by atoms with Crippen LogP contribution >= 0.6 is 0 Å². The summed E-state index contributed by atoms with van der Waals surface area (Å²) in [5.41, 5.74) is 0.151. The highest BCUT2D eigenvalue weighted by Gasteiger charge is 2.55. The lowest BCUT2D eigenvalue weighted by Gasteiger charge is -2.28. The van der Waals surface area contributed by atoms with Crippen molar-refractivity contribution in [3.63, 3.8) is 0 Å². The Kier molecular flexibility index (Phi) is 5.84. The molecule has 0 spiro atoms. The third-order valence-electron chi connectivity index (χ3n) is 6.51. The van der Waals surface area contributed by atoms with Gasteiger partial charge in [-0.1, -0.05) is 6.42 Å². The lowest BCUT2D eigenvalue weighted by Crippen LogP contribution is -2.46. The van der Waals surface area contributed by atoms with Crippen LogP contribution in [-0.4, -0.2) is 55.2 Å². The smallest absolute Gasteiger partial charge is 0.311 e. The first-order valence-electron chi connectivity index (χ1n) is 9.82. The van der Waals surface area contributed by atoms with E-state index in [1.165, 1.54) is 0 Å². The van der Waals surface area contributed by atoms with E-state index in [2.05, 4.69) is 5.32 Å². The summed E-state index contributed by atoms with van der Waals surface area (Å²) in [5.74, 6) is 0.677. The number of carboxylic acids is 1. The number of amides is 1. The van der Waals surface area contributed by atoms with Crippen LogP contribution in [0.1, 0.15) is 44.7 Å². The molecule has 1 aliphatic heterocycles. The molecule has 0 radical (unpaired) electrons. The standard InChI is InChI=1S/C21H30N2O5/c1-13(17-10-16(27-3)7-8-18(17)28-4)22-19(24)14(2)23-11-15-6-5-9-21(15,12-23)20(25)26/h7-8,10,13-15H,5-6,9,11-12H2,1-4H3,(H,22,24)(H,25,26)/t13?,14?,15-,21+/m0/s1. The van der Waals surface area contributed by atoms with E-state index < -0.39 is 11.4 Å². The van der Waals surface area contributed by atoms with Gasteiger partial charge < -0.3 is 19.9 Å². The van der Waals surface area contributed by atoms with Crippen molar-refractivity contribution in [2.24, 2.45) is 11.3 Å². The topological polar surface area (TPSA) is 88.1 Å². The van der Waals surface area contributed by atoms with E-state index >= 15 is 0 Å². The van der Waals surface area contributed by atoms with E-state index in [-0.39, 0.29) is 23.9 Å². The molecule has 1 amide bonds. The molecule has 154 valence electrons. The predicted octanol–water partition coefficient (Wildman–Crippen LogP) is 2.46. The molecule has 3 rings (SSSR count). The molecule has 1 aromatic rings. The van der Waals surface area contributed by atoms with Crippen LogP contribution in [0.3, 0.4) is 0 Å². The number of carboxylic acid groups (broad SMARTS) is 1. The maximum Gasteiger partial charge on any atom is 0.311 e. The van der Waals surface area contributed by atoms with E-state index in [1.807, 2.05) is 36.9 Å². The second-order valence-corrected chi connectivity index (χ2v) is 7.99. The number of likely N-dealkylation sites (tertiary alicyclic amines) is 1. The fraction of sp³-hybridized carbons (Fsp3) is 0.619. The number of rotatable bonds is 7. The minimum atomic E-state index is -0.723. The number of methoxy groups -OCH3 is 2. The minimum Gasteiger partial charge on any atom is -0.497 e. The number of carbonyl (C=O) groups excluding carboxylic acids is 1. The van der Waals surface area contributed by atoms with Crippen molar-refractivity contribution in [3.8, 4) is 11.5 Å². The fourth-order valence-corrected chi connectivity index (χ4v) is 4.73. The third-order valence-corrected chi connectivity index (χ3v) is 6.51. The SMILES string of the molecule is COc1ccc(OC)c(C(C)NC(=O)C(C)N2C[C@@H]3CCC[C@@]3(C(=O)O)C2)c1. The molecule has 7 heteroatoms. The summed E-state index contributed by atoms with van der Waals surface area (Å²) in [7, 11) is 3.19. The second-order valence-electron chi connectivity index (χ2n) is 7.99. The molecule has 28 heavy (non-hydrogen) atoms. The minimum absolute atomic E-state index is 0.113. The Morgan fingerprint density at radius 1 is 1.29 bits per heavy atom. The molecule has 0 aromatic heterocycles. The number of benzene rings is 1. The van der Waals surface area contributed by atoms with Gasteiger partial charge in [0, 0.05) is 18.7 Å².